The Morgan fingerprint density at radius 1 is 1.26 bits per heavy atom. The van der Waals surface area contributed by atoms with Crippen LogP contribution in [0.1, 0.15) is 33.0 Å². The molecule has 1 N–H and O–H groups in total. The van der Waals surface area contributed by atoms with E-state index in [0.717, 1.165) is 17.7 Å². The van der Waals surface area contributed by atoms with E-state index in [2.05, 4.69) is 36.2 Å². The van der Waals surface area contributed by atoms with Gasteiger partial charge in [0.05, 0.1) is 5.56 Å². The molecule has 0 fully saturated rings. The van der Waals surface area contributed by atoms with Gasteiger partial charge in [0.2, 0.25) is 0 Å². The average Bonchev–Trinajstić information content (AvgIpc) is 2.85. The molecule has 1 aromatic carbocycles. The van der Waals surface area contributed by atoms with Crippen molar-refractivity contribution in [3.8, 4) is 11.5 Å². The van der Waals surface area contributed by atoms with E-state index in [1.54, 1.807) is 0 Å². The lowest BCUT2D eigenvalue weighted by Gasteiger charge is -2.22. The van der Waals surface area contributed by atoms with E-state index in [4.69, 9.17) is 4.52 Å². The van der Waals surface area contributed by atoms with Crippen LogP contribution in [0.2, 0.25) is 0 Å². The maximum atomic E-state index is 5.26. The molecule has 2 aromatic rings. The number of nitrogens with one attached hydrogen (secondary N) is 1. The van der Waals surface area contributed by atoms with Gasteiger partial charge in [0.1, 0.15) is 0 Å². The topological polar surface area (TPSA) is 51.0 Å². The summed E-state index contributed by atoms with van der Waals surface area (Å²) in [5.41, 5.74) is 2.00. The van der Waals surface area contributed by atoms with E-state index in [1.165, 1.54) is 0 Å². The van der Waals surface area contributed by atoms with Crippen LogP contribution in [0, 0.1) is 12.8 Å². The van der Waals surface area contributed by atoms with Crippen molar-refractivity contribution in [1.82, 2.24) is 10.1 Å². The van der Waals surface area contributed by atoms with E-state index >= 15 is 0 Å². The molecule has 2 unspecified atom stereocenters. The molecule has 0 aliphatic carbocycles. The zero-order valence-electron chi connectivity index (χ0n) is 12.0. The summed E-state index contributed by atoms with van der Waals surface area (Å²) in [5.74, 6) is 1.83. The molecule has 0 spiro atoms. The molecular weight excluding hydrogens is 238 g/mol. The molecule has 0 bridgehead atoms. The Bertz CT molecular complexity index is 536. The fourth-order valence-electron chi connectivity index (χ4n) is 1.94. The molecule has 0 saturated carbocycles. The number of para-hydroxylation sites is 1. The van der Waals surface area contributed by atoms with Gasteiger partial charge in [-0.2, -0.15) is 4.98 Å². The maximum absolute atomic E-state index is 5.26. The molecule has 4 heteroatoms. The number of aryl methyl sites for hydroxylation is 1. The van der Waals surface area contributed by atoms with Crippen molar-refractivity contribution in [3.63, 3.8) is 0 Å². The maximum Gasteiger partial charge on any atom is 0.260 e. The van der Waals surface area contributed by atoms with Crippen molar-refractivity contribution in [3.05, 3.63) is 30.1 Å². The third-order valence-electron chi connectivity index (χ3n) is 3.57. The van der Waals surface area contributed by atoms with Gasteiger partial charge >= 0.3 is 0 Å². The molecule has 1 heterocycles. The normalized spacial score (nSPS) is 14.1. The molecule has 0 amide bonds. The number of rotatable bonds is 5. The highest BCUT2D eigenvalue weighted by Crippen LogP contribution is 2.27. The molecule has 0 saturated heterocycles. The van der Waals surface area contributed by atoms with Crippen LogP contribution in [-0.4, -0.2) is 16.2 Å². The Morgan fingerprint density at radius 2 is 2.00 bits per heavy atom. The second kappa shape index (κ2) is 5.87. The van der Waals surface area contributed by atoms with E-state index in [0.29, 0.717) is 23.7 Å². The van der Waals surface area contributed by atoms with E-state index in [-0.39, 0.29) is 0 Å². The van der Waals surface area contributed by atoms with Crippen molar-refractivity contribution in [2.45, 2.75) is 40.2 Å². The Kier molecular flexibility index (Phi) is 4.20. The third kappa shape index (κ3) is 3.13. The SMILES string of the molecule is CCC(C)C(C)Nc1ccccc1-c1nc(C)no1. The highest BCUT2D eigenvalue weighted by molar-refractivity contribution is 5.72. The van der Waals surface area contributed by atoms with Gasteiger partial charge in [-0.05, 0) is 31.9 Å². The van der Waals surface area contributed by atoms with Gasteiger partial charge in [0.25, 0.3) is 5.89 Å². The summed E-state index contributed by atoms with van der Waals surface area (Å²) >= 11 is 0. The monoisotopic (exact) mass is 259 g/mol. The van der Waals surface area contributed by atoms with E-state index in [1.807, 2.05) is 31.2 Å². The number of hydrogen-bond donors (Lipinski definition) is 1. The van der Waals surface area contributed by atoms with Crippen LogP contribution in [0.3, 0.4) is 0 Å². The van der Waals surface area contributed by atoms with E-state index < -0.39 is 0 Å². The smallest absolute Gasteiger partial charge is 0.260 e. The summed E-state index contributed by atoms with van der Waals surface area (Å²) in [6, 6.07) is 8.44. The molecule has 102 valence electrons. The lowest BCUT2D eigenvalue weighted by atomic mass is 10.00. The minimum atomic E-state index is 0.398. The van der Waals surface area contributed by atoms with Gasteiger partial charge < -0.3 is 9.84 Å². The fourth-order valence-corrected chi connectivity index (χ4v) is 1.94. The Morgan fingerprint density at radius 3 is 2.63 bits per heavy atom. The van der Waals surface area contributed by atoms with Crippen molar-refractivity contribution in [2.24, 2.45) is 5.92 Å². The first-order valence-electron chi connectivity index (χ1n) is 6.78. The quantitative estimate of drug-likeness (QED) is 0.885. The zero-order chi connectivity index (χ0) is 13.8. The first-order chi connectivity index (χ1) is 9.11. The number of nitrogens with zero attached hydrogens (tertiary/aromatic N) is 2. The minimum absolute atomic E-state index is 0.398. The number of benzene rings is 1. The highest BCUT2D eigenvalue weighted by atomic mass is 16.5. The van der Waals surface area contributed by atoms with Crippen molar-refractivity contribution >= 4 is 5.69 Å². The minimum Gasteiger partial charge on any atom is -0.382 e. The van der Waals surface area contributed by atoms with Gasteiger partial charge in [-0.3, -0.25) is 0 Å². The Balaban J connectivity index is 2.26. The fraction of sp³-hybridized carbons (Fsp3) is 0.467. The molecule has 2 rings (SSSR count). The first-order valence-corrected chi connectivity index (χ1v) is 6.78. The van der Waals surface area contributed by atoms with Crippen LogP contribution in [-0.2, 0) is 0 Å². The van der Waals surface area contributed by atoms with Crippen LogP contribution in [0.4, 0.5) is 5.69 Å². The number of hydrogen-bond acceptors (Lipinski definition) is 4. The number of anilines is 1. The predicted molar refractivity (Wildman–Crippen MR) is 77.0 cm³/mol. The molecule has 0 aliphatic rings. The van der Waals surface area contributed by atoms with Gasteiger partial charge in [0.15, 0.2) is 5.82 Å². The Labute approximate surface area is 114 Å². The lowest BCUT2D eigenvalue weighted by Crippen LogP contribution is -2.23. The molecule has 19 heavy (non-hydrogen) atoms. The van der Waals surface area contributed by atoms with Gasteiger partial charge in [-0.1, -0.05) is 37.6 Å². The molecule has 2 atom stereocenters. The van der Waals surface area contributed by atoms with Crippen LogP contribution < -0.4 is 5.32 Å². The standard InChI is InChI=1S/C15H21N3O/c1-5-10(2)11(3)16-14-9-7-6-8-13(14)15-17-12(4)18-19-15/h6-11,16H,5H2,1-4H3. The summed E-state index contributed by atoms with van der Waals surface area (Å²) in [5, 5.41) is 7.39. The predicted octanol–water partition coefficient (Wildman–Crippen LogP) is 3.89. The molecule has 0 aliphatic heterocycles. The van der Waals surface area contributed by atoms with Gasteiger partial charge in [-0.25, -0.2) is 0 Å². The van der Waals surface area contributed by atoms with Gasteiger partial charge in [0, 0.05) is 11.7 Å². The third-order valence-corrected chi connectivity index (χ3v) is 3.57. The summed E-state index contributed by atoms with van der Waals surface area (Å²) in [6.07, 6.45) is 1.15. The lowest BCUT2D eigenvalue weighted by molar-refractivity contribution is 0.425. The van der Waals surface area contributed by atoms with Gasteiger partial charge in [-0.15, -0.1) is 0 Å². The summed E-state index contributed by atoms with van der Waals surface area (Å²) in [7, 11) is 0. The van der Waals surface area contributed by atoms with Crippen LogP contribution in [0.15, 0.2) is 28.8 Å². The second-order valence-electron chi connectivity index (χ2n) is 5.01. The molecule has 0 radical (unpaired) electrons. The zero-order valence-corrected chi connectivity index (χ0v) is 12.0. The van der Waals surface area contributed by atoms with Crippen LogP contribution in [0.5, 0.6) is 0 Å². The summed E-state index contributed by atoms with van der Waals surface area (Å²) < 4.78 is 5.26. The van der Waals surface area contributed by atoms with Crippen molar-refractivity contribution in [1.29, 1.82) is 0 Å². The molecule has 4 nitrogen and oxygen atoms in total. The van der Waals surface area contributed by atoms with Crippen LogP contribution in [0.25, 0.3) is 11.5 Å². The van der Waals surface area contributed by atoms with Crippen molar-refractivity contribution < 1.29 is 4.52 Å². The average molecular weight is 259 g/mol. The summed E-state index contributed by atoms with van der Waals surface area (Å²) in [6.45, 7) is 8.47. The molecular formula is C15H21N3O. The second-order valence-corrected chi connectivity index (χ2v) is 5.01. The largest absolute Gasteiger partial charge is 0.382 e. The van der Waals surface area contributed by atoms with Crippen LogP contribution >= 0.6 is 0 Å². The first kappa shape index (κ1) is 13.6. The number of aromatic nitrogens is 2. The Hall–Kier alpha value is -1.84. The van der Waals surface area contributed by atoms with Crippen molar-refractivity contribution in [2.75, 3.05) is 5.32 Å². The highest BCUT2D eigenvalue weighted by Gasteiger charge is 2.15. The summed E-state index contributed by atoms with van der Waals surface area (Å²) in [4.78, 5) is 4.30. The van der Waals surface area contributed by atoms with E-state index in [9.17, 15) is 0 Å². The molecule has 1 aromatic heterocycles.